The Kier molecular flexibility index (Phi) is 4.90. The predicted molar refractivity (Wildman–Crippen MR) is 47.7 cm³/mol. The molecule has 0 amide bonds. The fourth-order valence-corrected chi connectivity index (χ4v) is 0.886. The fourth-order valence-electron chi connectivity index (χ4n) is 0.886. The SMILES string of the molecule is Cl.NOCc1ccc(C(F)(F)F)cc1. The van der Waals surface area contributed by atoms with Gasteiger partial charge in [0.05, 0.1) is 12.2 Å². The smallest absolute Gasteiger partial charge is 0.300 e. The summed E-state index contributed by atoms with van der Waals surface area (Å²) in [6.45, 7) is 0.109. The van der Waals surface area contributed by atoms with Crippen molar-refractivity contribution in [3.05, 3.63) is 35.4 Å². The summed E-state index contributed by atoms with van der Waals surface area (Å²) in [6.07, 6.45) is -4.29. The molecule has 14 heavy (non-hydrogen) atoms. The molecule has 1 rings (SSSR count). The molecule has 0 fully saturated rings. The number of alkyl halides is 3. The van der Waals surface area contributed by atoms with E-state index in [0.717, 1.165) is 12.1 Å². The predicted octanol–water partition coefficient (Wildman–Crippen LogP) is 2.52. The van der Waals surface area contributed by atoms with Gasteiger partial charge in [-0.25, -0.2) is 5.90 Å². The highest BCUT2D eigenvalue weighted by Crippen LogP contribution is 2.28. The van der Waals surface area contributed by atoms with Gasteiger partial charge in [-0.3, -0.25) is 4.84 Å². The van der Waals surface area contributed by atoms with E-state index in [1.165, 1.54) is 12.1 Å². The van der Waals surface area contributed by atoms with Crippen molar-refractivity contribution >= 4 is 12.4 Å². The Morgan fingerprint density at radius 1 is 1.14 bits per heavy atom. The minimum absolute atomic E-state index is 0. The van der Waals surface area contributed by atoms with Gasteiger partial charge >= 0.3 is 6.18 Å². The van der Waals surface area contributed by atoms with E-state index in [4.69, 9.17) is 5.90 Å². The molecule has 0 aromatic heterocycles. The van der Waals surface area contributed by atoms with Crippen LogP contribution in [-0.4, -0.2) is 0 Å². The van der Waals surface area contributed by atoms with Crippen molar-refractivity contribution < 1.29 is 18.0 Å². The summed E-state index contributed by atoms with van der Waals surface area (Å²) < 4.78 is 36.1. The molecule has 0 aliphatic rings. The van der Waals surface area contributed by atoms with E-state index in [1.807, 2.05) is 0 Å². The van der Waals surface area contributed by atoms with E-state index in [2.05, 4.69) is 4.84 Å². The van der Waals surface area contributed by atoms with E-state index in [-0.39, 0.29) is 19.0 Å². The van der Waals surface area contributed by atoms with Crippen LogP contribution in [-0.2, 0) is 17.6 Å². The number of halogens is 4. The zero-order valence-corrected chi connectivity index (χ0v) is 7.86. The van der Waals surface area contributed by atoms with Crippen LogP contribution in [0.2, 0.25) is 0 Å². The van der Waals surface area contributed by atoms with Gasteiger partial charge in [-0.1, -0.05) is 12.1 Å². The summed E-state index contributed by atoms with van der Waals surface area (Å²) in [4.78, 5) is 4.27. The summed E-state index contributed by atoms with van der Waals surface area (Å²) in [5.41, 5.74) is -0.0660. The summed E-state index contributed by atoms with van der Waals surface area (Å²) >= 11 is 0. The van der Waals surface area contributed by atoms with Crippen LogP contribution in [0.4, 0.5) is 13.2 Å². The largest absolute Gasteiger partial charge is 0.416 e. The third kappa shape index (κ3) is 3.53. The van der Waals surface area contributed by atoms with E-state index >= 15 is 0 Å². The minimum Gasteiger partial charge on any atom is -0.300 e. The second-order valence-corrected chi connectivity index (χ2v) is 2.51. The molecular formula is C8H9ClF3NO. The van der Waals surface area contributed by atoms with Crippen LogP contribution in [0.5, 0.6) is 0 Å². The Morgan fingerprint density at radius 3 is 2.00 bits per heavy atom. The highest BCUT2D eigenvalue weighted by Gasteiger charge is 2.29. The highest BCUT2D eigenvalue weighted by atomic mass is 35.5. The molecular weight excluding hydrogens is 219 g/mol. The van der Waals surface area contributed by atoms with Gasteiger partial charge in [0.25, 0.3) is 0 Å². The molecule has 0 atom stereocenters. The number of benzene rings is 1. The van der Waals surface area contributed by atoms with E-state index in [1.54, 1.807) is 0 Å². The molecule has 1 aromatic rings. The maximum Gasteiger partial charge on any atom is 0.416 e. The van der Waals surface area contributed by atoms with Gasteiger partial charge in [0.2, 0.25) is 0 Å². The molecule has 0 spiro atoms. The molecule has 0 aliphatic carbocycles. The lowest BCUT2D eigenvalue weighted by Gasteiger charge is -2.06. The van der Waals surface area contributed by atoms with Crippen molar-refractivity contribution in [3.8, 4) is 0 Å². The lowest BCUT2D eigenvalue weighted by molar-refractivity contribution is -0.137. The van der Waals surface area contributed by atoms with Gasteiger partial charge in [-0.05, 0) is 17.7 Å². The van der Waals surface area contributed by atoms with Crippen molar-refractivity contribution in [1.29, 1.82) is 0 Å². The van der Waals surface area contributed by atoms with Crippen LogP contribution in [0.1, 0.15) is 11.1 Å². The highest BCUT2D eigenvalue weighted by molar-refractivity contribution is 5.85. The molecule has 0 heterocycles. The van der Waals surface area contributed by atoms with Gasteiger partial charge in [0, 0.05) is 0 Å². The Balaban J connectivity index is 0.00000169. The molecule has 1 aromatic carbocycles. The van der Waals surface area contributed by atoms with Crippen molar-refractivity contribution in [2.45, 2.75) is 12.8 Å². The number of hydrogen-bond acceptors (Lipinski definition) is 2. The van der Waals surface area contributed by atoms with Crippen LogP contribution < -0.4 is 5.90 Å². The number of nitrogens with two attached hydrogens (primary N) is 1. The van der Waals surface area contributed by atoms with E-state index < -0.39 is 11.7 Å². The quantitative estimate of drug-likeness (QED) is 0.788. The normalized spacial score (nSPS) is 10.9. The Hall–Kier alpha value is -0.780. The second kappa shape index (κ2) is 5.19. The molecule has 0 saturated carbocycles. The minimum atomic E-state index is -4.29. The van der Waals surface area contributed by atoms with Gasteiger partial charge in [0.1, 0.15) is 0 Å². The Bertz CT molecular complexity index is 273. The first-order chi connectivity index (χ1) is 6.04. The summed E-state index contributed by atoms with van der Waals surface area (Å²) in [5.74, 6) is 4.76. The first kappa shape index (κ1) is 13.2. The lowest BCUT2D eigenvalue weighted by Crippen LogP contribution is -2.05. The summed E-state index contributed by atoms with van der Waals surface area (Å²) in [5, 5.41) is 0. The van der Waals surface area contributed by atoms with Crippen LogP contribution in [0, 0.1) is 0 Å². The molecule has 6 heteroatoms. The molecule has 0 unspecified atom stereocenters. The third-order valence-corrected chi connectivity index (χ3v) is 1.53. The molecule has 0 aliphatic heterocycles. The van der Waals surface area contributed by atoms with Gasteiger partial charge in [0.15, 0.2) is 0 Å². The molecule has 0 radical (unpaired) electrons. The van der Waals surface area contributed by atoms with Crippen molar-refractivity contribution in [1.82, 2.24) is 0 Å². The van der Waals surface area contributed by atoms with Gasteiger partial charge in [-0.2, -0.15) is 13.2 Å². The molecule has 80 valence electrons. The maximum absolute atomic E-state index is 12.0. The lowest BCUT2D eigenvalue weighted by atomic mass is 10.1. The van der Waals surface area contributed by atoms with Crippen LogP contribution in [0.25, 0.3) is 0 Å². The van der Waals surface area contributed by atoms with Crippen LogP contribution in [0.3, 0.4) is 0 Å². The maximum atomic E-state index is 12.0. The average molecular weight is 228 g/mol. The Labute approximate surface area is 85.2 Å². The first-order valence-electron chi connectivity index (χ1n) is 3.52. The summed E-state index contributed by atoms with van der Waals surface area (Å²) in [7, 11) is 0. The van der Waals surface area contributed by atoms with Crippen molar-refractivity contribution in [2.24, 2.45) is 5.90 Å². The monoisotopic (exact) mass is 227 g/mol. The molecule has 0 saturated heterocycles. The second-order valence-electron chi connectivity index (χ2n) is 2.51. The zero-order valence-electron chi connectivity index (χ0n) is 7.04. The fraction of sp³-hybridized carbons (Fsp3) is 0.250. The third-order valence-electron chi connectivity index (χ3n) is 1.53. The van der Waals surface area contributed by atoms with Crippen LogP contribution in [0.15, 0.2) is 24.3 Å². The number of rotatable bonds is 2. The molecule has 2 N–H and O–H groups in total. The van der Waals surface area contributed by atoms with E-state index in [0.29, 0.717) is 5.56 Å². The van der Waals surface area contributed by atoms with Crippen LogP contribution >= 0.6 is 12.4 Å². The number of hydrogen-bond donors (Lipinski definition) is 1. The molecule has 0 bridgehead atoms. The van der Waals surface area contributed by atoms with Crippen molar-refractivity contribution in [3.63, 3.8) is 0 Å². The average Bonchev–Trinajstić information content (AvgIpc) is 2.04. The first-order valence-corrected chi connectivity index (χ1v) is 3.52. The van der Waals surface area contributed by atoms with Gasteiger partial charge < -0.3 is 0 Å². The zero-order chi connectivity index (χ0) is 9.90. The van der Waals surface area contributed by atoms with E-state index in [9.17, 15) is 13.2 Å². The molecule has 2 nitrogen and oxygen atoms in total. The topological polar surface area (TPSA) is 35.2 Å². The standard InChI is InChI=1S/C8H8F3NO.ClH/c9-8(10,11)7-3-1-6(2-4-7)5-13-12;/h1-4H,5,12H2;1H. The summed E-state index contributed by atoms with van der Waals surface area (Å²) in [6, 6.07) is 4.65. The Morgan fingerprint density at radius 2 is 1.64 bits per heavy atom. The van der Waals surface area contributed by atoms with Gasteiger partial charge in [-0.15, -0.1) is 12.4 Å². The van der Waals surface area contributed by atoms with Crippen molar-refractivity contribution in [2.75, 3.05) is 0 Å².